The van der Waals surface area contributed by atoms with Gasteiger partial charge in [-0.15, -0.1) is 0 Å². The van der Waals surface area contributed by atoms with Crippen molar-refractivity contribution < 1.29 is 9.53 Å². The number of halogens is 1. The van der Waals surface area contributed by atoms with Crippen molar-refractivity contribution in [3.8, 4) is 0 Å². The molecule has 0 aliphatic rings. The summed E-state index contributed by atoms with van der Waals surface area (Å²) in [6, 6.07) is 7.62. The zero-order valence-corrected chi connectivity index (χ0v) is 11.8. The van der Waals surface area contributed by atoms with Gasteiger partial charge in [0.25, 0.3) is 0 Å². The van der Waals surface area contributed by atoms with Gasteiger partial charge in [0, 0.05) is 5.02 Å². The minimum atomic E-state index is -0.438. The van der Waals surface area contributed by atoms with Gasteiger partial charge in [0.1, 0.15) is 0 Å². The first kappa shape index (κ1) is 14.8. The molecule has 1 rings (SSSR count). The molecular weight excluding hydrogens is 248 g/mol. The Bertz CT molecular complexity index is 430. The lowest BCUT2D eigenvalue weighted by atomic mass is 9.97. The van der Waals surface area contributed by atoms with Crippen molar-refractivity contribution in [1.82, 2.24) is 0 Å². The van der Waals surface area contributed by atoms with Crippen molar-refractivity contribution in [2.24, 2.45) is 5.41 Å². The van der Waals surface area contributed by atoms with Crippen LogP contribution in [0.3, 0.4) is 0 Å². The normalized spacial score (nSPS) is 11.8. The lowest BCUT2D eigenvalue weighted by molar-refractivity contribution is -0.152. The molecule has 3 heteroatoms. The predicted octanol–water partition coefficient (Wildman–Crippen LogP) is 4.33. The van der Waals surface area contributed by atoms with E-state index >= 15 is 0 Å². The molecule has 0 spiro atoms. The molecule has 0 radical (unpaired) electrons. The highest BCUT2D eigenvalue weighted by atomic mass is 35.5. The molecule has 18 heavy (non-hydrogen) atoms. The fourth-order valence-electron chi connectivity index (χ4n) is 1.26. The highest BCUT2D eigenvalue weighted by Gasteiger charge is 2.22. The molecule has 0 amide bonds. The van der Waals surface area contributed by atoms with Crippen LogP contribution in [0.1, 0.15) is 32.8 Å². The molecule has 0 heterocycles. The first-order valence-corrected chi connectivity index (χ1v) is 6.37. The van der Waals surface area contributed by atoms with Crippen molar-refractivity contribution in [1.29, 1.82) is 0 Å². The van der Waals surface area contributed by atoms with Gasteiger partial charge in [0.05, 0.1) is 12.0 Å². The van der Waals surface area contributed by atoms with E-state index in [0.717, 1.165) is 10.6 Å². The molecule has 98 valence electrons. The Labute approximate surface area is 114 Å². The van der Waals surface area contributed by atoms with Crippen LogP contribution in [0.15, 0.2) is 30.3 Å². The van der Waals surface area contributed by atoms with E-state index in [1.54, 1.807) is 0 Å². The summed E-state index contributed by atoms with van der Waals surface area (Å²) >= 11 is 6.01. The lowest BCUT2D eigenvalue weighted by Gasteiger charge is -2.15. The van der Waals surface area contributed by atoms with Crippen LogP contribution in [-0.2, 0) is 9.53 Å². The molecule has 0 aliphatic heterocycles. The molecule has 0 unspecified atom stereocenters. The Morgan fingerprint density at radius 2 is 2.00 bits per heavy atom. The Morgan fingerprint density at radius 3 is 2.61 bits per heavy atom. The second kappa shape index (κ2) is 6.60. The van der Waals surface area contributed by atoms with E-state index < -0.39 is 5.41 Å². The summed E-state index contributed by atoms with van der Waals surface area (Å²) in [6.07, 6.45) is 4.58. The van der Waals surface area contributed by atoms with Gasteiger partial charge < -0.3 is 4.74 Å². The van der Waals surface area contributed by atoms with Crippen molar-refractivity contribution in [2.75, 3.05) is 6.61 Å². The molecule has 2 nitrogen and oxygen atoms in total. The van der Waals surface area contributed by atoms with Gasteiger partial charge in [-0.1, -0.05) is 42.0 Å². The number of hydrogen-bond acceptors (Lipinski definition) is 2. The van der Waals surface area contributed by atoms with Crippen molar-refractivity contribution >= 4 is 23.6 Å². The van der Waals surface area contributed by atoms with Crippen LogP contribution in [-0.4, -0.2) is 12.6 Å². The summed E-state index contributed by atoms with van der Waals surface area (Å²) in [5, 5.41) is 0.723. The summed E-state index contributed by atoms with van der Waals surface area (Å²) in [4.78, 5) is 11.5. The average Bonchev–Trinajstić information content (AvgIpc) is 2.29. The Morgan fingerprint density at radius 1 is 1.33 bits per heavy atom. The molecule has 0 saturated heterocycles. The third-order valence-electron chi connectivity index (χ3n) is 2.33. The fraction of sp³-hybridized carbons (Fsp3) is 0.400. The standard InChI is InChI=1S/C15H19ClO2/c1-15(2,3)14(17)18-11-7-6-9-12-8-4-5-10-13(12)16/h4-6,8-10H,7,11H2,1-3H3. The smallest absolute Gasteiger partial charge is 0.311 e. The molecule has 0 aliphatic carbocycles. The Hall–Kier alpha value is -1.28. The third kappa shape index (κ3) is 4.92. The summed E-state index contributed by atoms with van der Waals surface area (Å²) < 4.78 is 5.15. The van der Waals surface area contributed by atoms with Gasteiger partial charge in [0.2, 0.25) is 0 Å². The van der Waals surface area contributed by atoms with Crippen molar-refractivity contribution in [3.63, 3.8) is 0 Å². The van der Waals surface area contributed by atoms with Crippen LogP contribution in [0.25, 0.3) is 6.08 Å². The van der Waals surface area contributed by atoms with Crippen molar-refractivity contribution in [2.45, 2.75) is 27.2 Å². The number of esters is 1. The molecular formula is C15H19ClO2. The highest BCUT2D eigenvalue weighted by Crippen LogP contribution is 2.17. The monoisotopic (exact) mass is 266 g/mol. The van der Waals surface area contributed by atoms with Crippen LogP contribution in [0.4, 0.5) is 0 Å². The van der Waals surface area contributed by atoms with E-state index in [0.29, 0.717) is 13.0 Å². The minimum Gasteiger partial charge on any atom is -0.465 e. The molecule has 0 bridgehead atoms. The molecule has 1 aromatic carbocycles. The zero-order chi connectivity index (χ0) is 13.6. The number of ether oxygens (including phenoxy) is 1. The summed E-state index contributed by atoms with van der Waals surface area (Å²) in [5.41, 5.74) is 0.535. The van der Waals surface area contributed by atoms with Gasteiger partial charge in [-0.25, -0.2) is 0 Å². The van der Waals surface area contributed by atoms with E-state index in [4.69, 9.17) is 16.3 Å². The predicted molar refractivity (Wildman–Crippen MR) is 75.5 cm³/mol. The third-order valence-corrected chi connectivity index (χ3v) is 2.68. The number of hydrogen-bond donors (Lipinski definition) is 0. The topological polar surface area (TPSA) is 26.3 Å². The second-order valence-corrected chi connectivity index (χ2v) is 5.51. The lowest BCUT2D eigenvalue weighted by Crippen LogP contribution is -2.23. The summed E-state index contributed by atoms with van der Waals surface area (Å²) in [5.74, 6) is -0.173. The Balaban J connectivity index is 2.35. The van der Waals surface area contributed by atoms with E-state index in [1.165, 1.54) is 0 Å². The maximum Gasteiger partial charge on any atom is 0.311 e. The molecule has 0 atom stereocenters. The molecule has 0 saturated carbocycles. The highest BCUT2D eigenvalue weighted by molar-refractivity contribution is 6.32. The molecule has 1 aromatic rings. The van der Waals surface area contributed by atoms with Gasteiger partial charge in [-0.05, 0) is 38.8 Å². The van der Waals surface area contributed by atoms with Crippen LogP contribution in [0.2, 0.25) is 5.02 Å². The first-order chi connectivity index (χ1) is 8.41. The summed E-state index contributed by atoms with van der Waals surface area (Å²) in [6.45, 7) is 5.93. The van der Waals surface area contributed by atoms with Gasteiger partial charge in [0.15, 0.2) is 0 Å². The zero-order valence-electron chi connectivity index (χ0n) is 11.1. The van der Waals surface area contributed by atoms with E-state index in [1.807, 2.05) is 57.2 Å². The number of benzene rings is 1. The van der Waals surface area contributed by atoms with Gasteiger partial charge in [-0.2, -0.15) is 0 Å². The number of rotatable bonds is 4. The molecule has 0 fully saturated rings. The second-order valence-electron chi connectivity index (χ2n) is 5.10. The van der Waals surface area contributed by atoms with Gasteiger partial charge >= 0.3 is 5.97 Å². The maximum atomic E-state index is 11.5. The van der Waals surface area contributed by atoms with E-state index in [2.05, 4.69) is 0 Å². The maximum absolute atomic E-state index is 11.5. The van der Waals surface area contributed by atoms with E-state index in [-0.39, 0.29) is 5.97 Å². The number of carbonyl (C=O) groups excluding carboxylic acids is 1. The first-order valence-electron chi connectivity index (χ1n) is 5.99. The largest absolute Gasteiger partial charge is 0.465 e. The van der Waals surface area contributed by atoms with Crippen LogP contribution < -0.4 is 0 Å². The van der Waals surface area contributed by atoms with Crippen LogP contribution in [0.5, 0.6) is 0 Å². The quantitative estimate of drug-likeness (QED) is 0.599. The summed E-state index contributed by atoms with van der Waals surface area (Å²) in [7, 11) is 0. The SMILES string of the molecule is CC(C)(C)C(=O)OCCC=Cc1ccccc1Cl. The average molecular weight is 267 g/mol. The van der Waals surface area contributed by atoms with Crippen LogP contribution in [0, 0.1) is 5.41 Å². The van der Waals surface area contributed by atoms with Crippen molar-refractivity contribution in [3.05, 3.63) is 40.9 Å². The minimum absolute atomic E-state index is 0.173. The molecule has 0 aromatic heterocycles. The van der Waals surface area contributed by atoms with Crippen LogP contribution >= 0.6 is 11.6 Å². The Kier molecular flexibility index (Phi) is 5.42. The number of carbonyl (C=O) groups is 1. The fourth-order valence-corrected chi connectivity index (χ4v) is 1.46. The van der Waals surface area contributed by atoms with E-state index in [9.17, 15) is 4.79 Å². The molecule has 0 N–H and O–H groups in total. The van der Waals surface area contributed by atoms with Gasteiger partial charge in [-0.3, -0.25) is 4.79 Å².